The summed E-state index contributed by atoms with van der Waals surface area (Å²) in [5, 5.41) is 0. The van der Waals surface area contributed by atoms with E-state index in [4.69, 9.17) is 0 Å². The van der Waals surface area contributed by atoms with Crippen molar-refractivity contribution in [3.05, 3.63) is 12.2 Å². The number of allylic oxidation sites excluding steroid dienone is 2. The van der Waals surface area contributed by atoms with Gasteiger partial charge in [-0.15, -0.1) is 0 Å². The maximum absolute atomic E-state index is 12.7. The molecule has 2 heterocycles. The van der Waals surface area contributed by atoms with Gasteiger partial charge in [0.25, 0.3) is 0 Å². The van der Waals surface area contributed by atoms with Crippen LogP contribution in [-0.4, -0.2) is 48.0 Å². The number of carbonyl (C=O) groups excluding carboxylic acids is 2. The minimum atomic E-state index is -0.0334. The summed E-state index contributed by atoms with van der Waals surface area (Å²) in [6, 6.07) is 0. The van der Waals surface area contributed by atoms with Crippen molar-refractivity contribution < 1.29 is 14.1 Å². The van der Waals surface area contributed by atoms with Gasteiger partial charge in [-0.05, 0) is 37.5 Å². The van der Waals surface area contributed by atoms with Crippen LogP contribution in [0.15, 0.2) is 12.2 Å². The Bertz CT molecular complexity index is 463. The van der Waals surface area contributed by atoms with Crippen LogP contribution in [-0.2, 0) is 9.59 Å². The molecule has 3 fully saturated rings. The Kier molecular flexibility index (Phi) is 2.62. The van der Waals surface area contributed by atoms with Gasteiger partial charge in [0, 0.05) is 0 Å². The van der Waals surface area contributed by atoms with Crippen molar-refractivity contribution in [2.75, 3.05) is 26.8 Å². The molecular weight excluding hydrogens is 252 g/mol. The van der Waals surface area contributed by atoms with Crippen molar-refractivity contribution >= 4 is 11.8 Å². The Labute approximate surface area is 120 Å². The summed E-state index contributed by atoms with van der Waals surface area (Å²) in [4.78, 5) is 26.9. The first kappa shape index (κ1) is 12.6. The summed E-state index contributed by atoms with van der Waals surface area (Å²) in [5.74, 6) is 0.822. The van der Waals surface area contributed by atoms with E-state index in [-0.39, 0.29) is 23.7 Å². The number of amides is 2. The topological polar surface area (TPSA) is 37.4 Å². The molecule has 4 rings (SSSR count). The predicted molar refractivity (Wildman–Crippen MR) is 74.2 cm³/mol. The third-order valence-electron chi connectivity index (χ3n) is 5.94. The van der Waals surface area contributed by atoms with E-state index in [1.807, 2.05) is 0 Å². The van der Waals surface area contributed by atoms with Gasteiger partial charge in [-0.25, -0.2) is 4.90 Å². The molecule has 0 unspecified atom stereocenters. The van der Waals surface area contributed by atoms with Crippen LogP contribution >= 0.6 is 0 Å². The van der Waals surface area contributed by atoms with Crippen LogP contribution in [0.4, 0.5) is 0 Å². The van der Waals surface area contributed by atoms with Crippen molar-refractivity contribution in [3.8, 4) is 0 Å². The number of fused-ring (bicyclic) bond motifs is 5. The fraction of sp³-hybridized carbons (Fsp3) is 0.750. The SMILES string of the molecule is C[N+]1(CN2C(=O)[C@@H]3[C@H](C2=O)[C@@H]2C=C[C@@H]3C2)CCCCC1. The summed E-state index contributed by atoms with van der Waals surface area (Å²) in [7, 11) is 2.20. The van der Waals surface area contributed by atoms with Crippen LogP contribution in [0.25, 0.3) is 0 Å². The number of piperidine rings is 1. The molecule has 4 nitrogen and oxygen atoms in total. The molecule has 4 heteroatoms. The second-order valence-electron chi connectivity index (χ2n) is 7.37. The zero-order chi connectivity index (χ0) is 13.9. The molecule has 2 aliphatic carbocycles. The molecule has 2 amide bonds. The molecule has 0 aromatic heterocycles. The van der Waals surface area contributed by atoms with Crippen molar-refractivity contribution in [2.24, 2.45) is 23.7 Å². The quantitative estimate of drug-likeness (QED) is 0.434. The minimum absolute atomic E-state index is 0.0334. The maximum Gasteiger partial charge on any atom is 0.238 e. The Morgan fingerprint density at radius 3 is 2.15 bits per heavy atom. The molecule has 0 aromatic rings. The monoisotopic (exact) mass is 275 g/mol. The molecule has 0 N–H and O–H groups in total. The summed E-state index contributed by atoms with van der Waals surface area (Å²) >= 11 is 0. The smallest absolute Gasteiger partial charge is 0.238 e. The number of quaternary nitrogens is 1. The van der Waals surface area contributed by atoms with Gasteiger partial charge in [0.1, 0.15) is 0 Å². The number of carbonyl (C=O) groups is 2. The van der Waals surface area contributed by atoms with Crippen molar-refractivity contribution in [1.82, 2.24) is 4.90 Å². The Morgan fingerprint density at radius 2 is 1.60 bits per heavy atom. The van der Waals surface area contributed by atoms with Gasteiger partial charge < -0.3 is 4.48 Å². The highest BCUT2D eigenvalue weighted by Gasteiger charge is 2.60. The van der Waals surface area contributed by atoms with Crippen LogP contribution in [0.3, 0.4) is 0 Å². The van der Waals surface area contributed by atoms with Gasteiger partial charge in [-0.3, -0.25) is 9.59 Å². The first-order chi connectivity index (χ1) is 9.59. The van der Waals surface area contributed by atoms with E-state index < -0.39 is 0 Å². The van der Waals surface area contributed by atoms with Crippen LogP contribution < -0.4 is 0 Å². The molecule has 2 bridgehead atoms. The van der Waals surface area contributed by atoms with E-state index in [0.717, 1.165) is 24.0 Å². The number of nitrogens with zero attached hydrogens (tertiary/aromatic N) is 2. The normalized spacial score (nSPS) is 41.5. The highest BCUT2D eigenvalue weighted by molar-refractivity contribution is 6.06. The lowest BCUT2D eigenvalue weighted by molar-refractivity contribution is -0.920. The first-order valence-corrected chi connectivity index (χ1v) is 7.96. The Morgan fingerprint density at radius 1 is 1.05 bits per heavy atom. The second-order valence-corrected chi connectivity index (χ2v) is 7.37. The highest BCUT2D eigenvalue weighted by Crippen LogP contribution is 2.52. The van der Waals surface area contributed by atoms with Crippen molar-refractivity contribution in [3.63, 3.8) is 0 Å². The van der Waals surface area contributed by atoms with Crippen molar-refractivity contribution in [2.45, 2.75) is 25.7 Å². The fourth-order valence-corrected chi connectivity index (χ4v) is 4.86. The van der Waals surface area contributed by atoms with Crippen molar-refractivity contribution in [1.29, 1.82) is 0 Å². The molecule has 0 spiro atoms. The third kappa shape index (κ3) is 1.63. The number of rotatable bonds is 2. The van der Waals surface area contributed by atoms with Gasteiger partial charge in [0.05, 0.1) is 32.0 Å². The average Bonchev–Trinajstić information content (AvgIpc) is 3.09. The van der Waals surface area contributed by atoms with Gasteiger partial charge >= 0.3 is 0 Å². The molecular formula is C16H23N2O2+. The maximum atomic E-state index is 12.7. The molecule has 0 aromatic carbocycles. The largest absolute Gasteiger partial charge is 0.309 e. The Hall–Kier alpha value is -1.16. The average molecular weight is 275 g/mol. The molecule has 0 radical (unpaired) electrons. The second kappa shape index (κ2) is 4.17. The lowest BCUT2D eigenvalue weighted by Gasteiger charge is -2.39. The van der Waals surface area contributed by atoms with E-state index in [1.165, 1.54) is 19.3 Å². The first-order valence-electron chi connectivity index (χ1n) is 7.96. The van der Waals surface area contributed by atoms with Gasteiger partial charge in [0.2, 0.25) is 11.8 Å². The van der Waals surface area contributed by atoms with Crippen LogP contribution in [0, 0.1) is 23.7 Å². The van der Waals surface area contributed by atoms with Gasteiger partial charge in [-0.1, -0.05) is 12.2 Å². The van der Waals surface area contributed by atoms with E-state index in [0.29, 0.717) is 18.5 Å². The lowest BCUT2D eigenvalue weighted by atomic mass is 9.85. The van der Waals surface area contributed by atoms with E-state index in [9.17, 15) is 9.59 Å². The molecule has 4 atom stereocenters. The van der Waals surface area contributed by atoms with E-state index in [2.05, 4.69) is 19.2 Å². The fourth-order valence-electron chi connectivity index (χ4n) is 4.86. The minimum Gasteiger partial charge on any atom is -0.309 e. The molecule has 108 valence electrons. The molecule has 1 saturated carbocycles. The molecule has 2 saturated heterocycles. The molecule has 20 heavy (non-hydrogen) atoms. The Balaban J connectivity index is 1.55. The summed E-state index contributed by atoms with van der Waals surface area (Å²) < 4.78 is 0.861. The summed E-state index contributed by atoms with van der Waals surface area (Å²) in [6.07, 6.45) is 9.07. The van der Waals surface area contributed by atoms with Crippen LogP contribution in [0.5, 0.6) is 0 Å². The number of imide groups is 1. The molecule has 2 aliphatic heterocycles. The zero-order valence-electron chi connectivity index (χ0n) is 12.1. The highest BCUT2D eigenvalue weighted by atomic mass is 16.2. The number of hydrogen-bond acceptors (Lipinski definition) is 2. The summed E-state index contributed by atoms with van der Waals surface area (Å²) in [5.41, 5.74) is 0. The third-order valence-corrected chi connectivity index (χ3v) is 5.94. The number of hydrogen-bond donors (Lipinski definition) is 0. The van der Waals surface area contributed by atoms with Crippen LogP contribution in [0.1, 0.15) is 25.7 Å². The summed E-state index contributed by atoms with van der Waals surface area (Å²) in [6.45, 7) is 2.79. The molecule has 4 aliphatic rings. The number of likely N-dealkylation sites (tertiary alicyclic amines) is 2. The van der Waals surface area contributed by atoms with E-state index >= 15 is 0 Å². The van der Waals surface area contributed by atoms with Gasteiger partial charge in [0.15, 0.2) is 6.67 Å². The van der Waals surface area contributed by atoms with Gasteiger partial charge in [-0.2, -0.15) is 0 Å². The lowest BCUT2D eigenvalue weighted by Crippen LogP contribution is -2.55. The van der Waals surface area contributed by atoms with E-state index in [1.54, 1.807) is 4.90 Å². The predicted octanol–water partition coefficient (Wildman–Crippen LogP) is 1.38. The van der Waals surface area contributed by atoms with Crippen LogP contribution in [0.2, 0.25) is 0 Å². The zero-order valence-corrected chi connectivity index (χ0v) is 12.1. The standard InChI is InChI=1S/C16H23N2O2/c1-18(7-3-2-4-8-18)10-17-15(19)13-11-5-6-12(9-11)14(13)16(17)20/h5-6,11-14H,2-4,7-10H2,1H3/q+1/t11-,12-,13-,14+/m1/s1.